The molecule has 0 aromatic heterocycles. The fraction of sp³-hybridized carbons (Fsp3) is 0.722. The van der Waals surface area contributed by atoms with Gasteiger partial charge in [-0.15, -0.1) is 0 Å². The smallest absolute Gasteiger partial charge is 0.326 e. The quantitative estimate of drug-likeness (QED) is 0.0406. The normalized spacial score (nSPS) is 14.3. The lowest BCUT2D eigenvalue weighted by Crippen LogP contribution is -2.58. The number of aliphatic hydroxyl groups is 1. The summed E-state index contributed by atoms with van der Waals surface area (Å²) < 4.78 is 0. The summed E-state index contributed by atoms with van der Waals surface area (Å²) in [5.74, 6) is -3.67. The number of guanidine groups is 1. The zero-order valence-corrected chi connectivity index (χ0v) is 19.3. The Balaban J connectivity index is 5.33. The van der Waals surface area contributed by atoms with Crippen molar-refractivity contribution in [1.29, 1.82) is 0 Å². The maximum atomic E-state index is 12.8. The van der Waals surface area contributed by atoms with E-state index in [2.05, 4.69) is 33.6 Å². The number of amides is 3. The topological polar surface area (TPSA) is 261 Å². The predicted molar refractivity (Wildman–Crippen MR) is 125 cm³/mol. The molecule has 0 aromatic carbocycles. The molecule has 4 atom stereocenters. The van der Waals surface area contributed by atoms with Crippen LogP contribution in [0.15, 0.2) is 4.99 Å². The Bertz CT molecular complexity index is 676. The molecule has 0 heterocycles. The molecule has 13 N–H and O–H groups in total. The number of carboxylic acid groups (broad SMARTS) is 1. The maximum Gasteiger partial charge on any atom is 0.326 e. The lowest BCUT2D eigenvalue weighted by Gasteiger charge is -2.24. The van der Waals surface area contributed by atoms with E-state index in [4.69, 9.17) is 22.9 Å². The highest BCUT2D eigenvalue weighted by molar-refractivity contribution is 7.80. The number of nitrogens with two attached hydrogens (primary N) is 4. The van der Waals surface area contributed by atoms with Gasteiger partial charge in [0.25, 0.3) is 0 Å². The lowest BCUT2D eigenvalue weighted by atomic mass is 10.1. The van der Waals surface area contributed by atoms with Crippen molar-refractivity contribution < 1.29 is 29.4 Å². The molecule has 0 spiro atoms. The van der Waals surface area contributed by atoms with E-state index in [1.807, 2.05) is 0 Å². The van der Waals surface area contributed by atoms with E-state index in [1.165, 1.54) is 0 Å². The minimum absolute atomic E-state index is 0.0160. The average Bonchev–Trinajstić information content (AvgIpc) is 2.77. The molecular formula is C18H36N8O6S. The Morgan fingerprint density at radius 2 is 1.42 bits per heavy atom. The Morgan fingerprint density at radius 1 is 0.879 bits per heavy atom. The van der Waals surface area contributed by atoms with E-state index in [-0.39, 0.29) is 37.5 Å². The van der Waals surface area contributed by atoms with E-state index in [9.17, 15) is 29.4 Å². The number of carbonyl (C=O) groups is 4. The Kier molecular flexibility index (Phi) is 15.6. The van der Waals surface area contributed by atoms with Crippen LogP contribution < -0.4 is 38.9 Å². The van der Waals surface area contributed by atoms with Gasteiger partial charge in [0.15, 0.2) is 5.96 Å². The molecule has 4 unspecified atom stereocenters. The summed E-state index contributed by atoms with van der Waals surface area (Å²) in [4.78, 5) is 52.6. The van der Waals surface area contributed by atoms with Gasteiger partial charge in [0.05, 0.1) is 12.6 Å². The summed E-state index contributed by atoms with van der Waals surface area (Å²) in [7, 11) is 0. The predicted octanol–water partition coefficient (Wildman–Crippen LogP) is -4.04. The average molecular weight is 493 g/mol. The van der Waals surface area contributed by atoms with Crippen LogP contribution in [0.25, 0.3) is 0 Å². The summed E-state index contributed by atoms with van der Waals surface area (Å²) in [6, 6.07) is -4.73. The third-order valence-electron chi connectivity index (χ3n) is 4.49. The SMILES string of the molecule is NCCCCC(NC(=O)C(CCCN=C(N)N)NC(=O)C(CO)NC(=O)C(N)CS)C(=O)O. The van der Waals surface area contributed by atoms with Crippen molar-refractivity contribution in [3.8, 4) is 0 Å². The first kappa shape index (κ1) is 30.4. The molecule has 0 saturated heterocycles. The second kappa shape index (κ2) is 16.9. The monoisotopic (exact) mass is 492 g/mol. The largest absolute Gasteiger partial charge is 0.480 e. The molecule has 0 aliphatic rings. The van der Waals surface area contributed by atoms with E-state index in [1.54, 1.807) is 0 Å². The van der Waals surface area contributed by atoms with Crippen LogP contribution in [0.5, 0.6) is 0 Å². The molecule has 0 aliphatic carbocycles. The molecule has 0 saturated carbocycles. The van der Waals surface area contributed by atoms with Gasteiger partial charge in [0, 0.05) is 12.3 Å². The second-order valence-corrected chi connectivity index (χ2v) is 7.59. The summed E-state index contributed by atoms with van der Waals surface area (Å²) in [5, 5.41) is 26.0. The molecule has 33 heavy (non-hydrogen) atoms. The lowest BCUT2D eigenvalue weighted by molar-refractivity contribution is -0.142. The first-order chi connectivity index (χ1) is 15.6. The second-order valence-electron chi connectivity index (χ2n) is 7.23. The highest BCUT2D eigenvalue weighted by Crippen LogP contribution is 2.05. The van der Waals surface area contributed by atoms with E-state index < -0.39 is 54.5 Å². The van der Waals surface area contributed by atoms with E-state index in [0.717, 1.165) is 0 Å². The van der Waals surface area contributed by atoms with Gasteiger partial charge in [0.2, 0.25) is 17.7 Å². The number of nitrogens with zero attached hydrogens (tertiary/aromatic N) is 1. The number of aliphatic hydroxyl groups excluding tert-OH is 1. The minimum atomic E-state index is -1.38. The molecule has 0 aliphatic heterocycles. The van der Waals surface area contributed by atoms with Crippen molar-refractivity contribution in [2.45, 2.75) is 56.3 Å². The van der Waals surface area contributed by atoms with Crippen LogP contribution in [-0.2, 0) is 19.2 Å². The first-order valence-corrected chi connectivity index (χ1v) is 11.1. The molecule has 15 heteroatoms. The fourth-order valence-corrected chi connectivity index (χ4v) is 2.79. The van der Waals surface area contributed by atoms with Gasteiger partial charge < -0.3 is 49.1 Å². The van der Waals surface area contributed by atoms with Gasteiger partial charge >= 0.3 is 5.97 Å². The number of hydrogen-bond donors (Lipinski definition) is 10. The third kappa shape index (κ3) is 12.9. The van der Waals surface area contributed by atoms with Crippen molar-refractivity contribution >= 4 is 42.3 Å². The van der Waals surface area contributed by atoms with Gasteiger partial charge in [-0.2, -0.15) is 12.6 Å². The van der Waals surface area contributed by atoms with Crippen LogP contribution in [0, 0.1) is 0 Å². The number of aliphatic carboxylic acids is 1. The molecule has 0 aromatic rings. The van der Waals surface area contributed by atoms with Gasteiger partial charge in [-0.25, -0.2) is 4.79 Å². The summed E-state index contributed by atoms with van der Waals surface area (Å²) >= 11 is 3.90. The number of unbranched alkanes of at least 4 members (excludes halogenated alkanes) is 1. The summed E-state index contributed by atoms with van der Waals surface area (Å²) in [6.45, 7) is -0.206. The molecule has 190 valence electrons. The van der Waals surface area contributed by atoms with Crippen molar-refractivity contribution in [3.63, 3.8) is 0 Å². The van der Waals surface area contributed by atoms with Crippen molar-refractivity contribution in [1.82, 2.24) is 16.0 Å². The molecular weight excluding hydrogens is 456 g/mol. The number of aliphatic imine (C=N–C) groups is 1. The zero-order chi connectivity index (χ0) is 25.4. The highest BCUT2D eigenvalue weighted by atomic mass is 32.1. The van der Waals surface area contributed by atoms with Gasteiger partial charge in [-0.1, -0.05) is 0 Å². The van der Waals surface area contributed by atoms with Crippen molar-refractivity contribution in [2.75, 3.05) is 25.4 Å². The van der Waals surface area contributed by atoms with Gasteiger partial charge in [-0.3, -0.25) is 19.4 Å². The summed E-state index contributed by atoms with van der Waals surface area (Å²) in [5.41, 5.74) is 21.5. The first-order valence-electron chi connectivity index (χ1n) is 10.4. The molecule has 3 amide bonds. The van der Waals surface area contributed by atoms with Crippen LogP contribution in [0.4, 0.5) is 0 Å². The number of rotatable bonds is 17. The van der Waals surface area contributed by atoms with Crippen LogP contribution in [0.1, 0.15) is 32.1 Å². The fourth-order valence-electron chi connectivity index (χ4n) is 2.62. The Morgan fingerprint density at radius 3 is 1.94 bits per heavy atom. The summed E-state index contributed by atoms with van der Waals surface area (Å²) in [6.07, 6.45) is 1.57. The Hall–Kier alpha value is -2.62. The van der Waals surface area contributed by atoms with Crippen LogP contribution in [0.2, 0.25) is 0 Å². The number of carboxylic acids is 1. The number of nitrogens with one attached hydrogen (secondary N) is 3. The molecule has 0 rings (SSSR count). The third-order valence-corrected chi connectivity index (χ3v) is 4.88. The standard InChI is InChI=1S/C18H36N8O6S/c19-6-2-1-4-12(17(31)32)25-15(29)11(5-3-7-23-18(21)22)24-16(30)13(8-27)26-14(28)10(20)9-33/h10-13,27,33H,1-9,19-20H2,(H,24,30)(H,25,29)(H,26,28)(H,31,32)(H4,21,22,23). The molecule has 14 nitrogen and oxygen atoms in total. The van der Waals surface area contributed by atoms with Crippen molar-refractivity contribution in [2.24, 2.45) is 27.9 Å². The molecule has 0 bridgehead atoms. The number of carbonyl (C=O) groups excluding carboxylic acids is 3. The van der Waals surface area contributed by atoms with Crippen LogP contribution >= 0.6 is 12.6 Å². The van der Waals surface area contributed by atoms with Crippen LogP contribution in [0.3, 0.4) is 0 Å². The number of thiol groups is 1. The van der Waals surface area contributed by atoms with Crippen molar-refractivity contribution in [3.05, 3.63) is 0 Å². The van der Waals surface area contributed by atoms with Gasteiger partial charge in [-0.05, 0) is 38.6 Å². The maximum absolute atomic E-state index is 12.8. The number of hydrogen-bond acceptors (Lipinski definition) is 9. The molecule has 0 radical (unpaired) electrons. The van der Waals surface area contributed by atoms with Crippen LogP contribution in [-0.4, -0.2) is 89.5 Å². The zero-order valence-electron chi connectivity index (χ0n) is 18.4. The highest BCUT2D eigenvalue weighted by Gasteiger charge is 2.29. The molecule has 0 fully saturated rings. The van der Waals surface area contributed by atoms with E-state index in [0.29, 0.717) is 19.4 Å². The van der Waals surface area contributed by atoms with Gasteiger partial charge in [0.1, 0.15) is 18.1 Å². The van der Waals surface area contributed by atoms with E-state index >= 15 is 0 Å². The minimum Gasteiger partial charge on any atom is -0.480 e. The Labute approximate surface area is 197 Å².